The van der Waals surface area contributed by atoms with Crippen molar-refractivity contribution in [2.75, 3.05) is 12.4 Å². The van der Waals surface area contributed by atoms with Gasteiger partial charge >= 0.3 is 6.18 Å². The number of rotatable bonds is 5. The van der Waals surface area contributed by atoms with Gasteiger partial charge in [-0.3, -0.25) is 4.79 Å². The van der Waals surface area contributed by atoms with E-state index in [4.69, 9.17) is 11.6 Å². The van der Waals surface area contributed by atoms with E-state index in [1.807, 2.05) is 0 Å². The second-order valence-corrected chi connectivity index (χ2v) is 4.39. The van der Waals surface area contributed by atoms with Gasteiger partial charge in [0.2, 0.25) is 5.91 Å². The van der Waals surface area contributed by atoms with Crippen molar-refractivity contribution in [1.29, 1.82) is 0 Å². The fourth-order valence-electron chi connectivity index (χ4n) is 1.42. The zero-order chi connectivity index (χ0) is 11.5. The summed E-state index contributed by atoms with van der Waals surface area (Å²) in [5.74, 6) is -0.474. The van der Waals surface area contributed by atoms with Crippen LogP contribution in [0.1, 0.15) is 25.7 Å². The van der Waals surface area contributed by atoms with Crippen LogP contribution in [0.3, 0.4) is 0 Å². The SMILES string of the molecule is O=C(CC(F)(F)F)NCC1(CCCl)CC1. The number of hydrogen-bond acceptors (Lipinski definition) is 1. The van der Waals surface area contributed by atoms with Gasteiger partial charge in [-0.15, -0.1) is 11.6 Å². The van der Waals surface area contributed by atoms with Crippen LogP contribution in [0.5, 0.6) is 0 Å². The zero-order valence-electron chi connectivity index (χ0n) is 8.16. The summed E-state index contributed by atoms with van der Waals surface area (Å²) in [4.78, 5) is 10.9. The average Bonchev–Trinajstić information content (AvgIpc) is 2.80. The molecule has 0 spiro atoms. The molecule has 0 atom stereocenters. The molecule has 1 rings (SSSR count). The number of hydrogen-bond donors (Lipinski definition) is 1. The molecular weight excluding hydrogens is 231 g/mol. The summed E-state index contributed by atoms with van der Waals surface area (Å²) in [6.07, 6.45) is -3.20. The first-order chi connectivity index (χ1) is 6.87. The van der Waals surface area contributed by atoms with Crippen LogP contribution < -0.4 is 5.32 Å². The number of amides is 1. The van der Waals surface area contributed by atoms with Gasteiger partial charge in [0.1, 0.15) is 6.42 Å². The van der Waals surface area contributed by atoms with Crippen molar-refractivity contribution in [3.8, 4) is 0 Å². The normalized spacial score (nSPS) is 18.7. The topological polar surface area (TPSA) is 29.1 Å². The first kappa shape index (κ1) is 12.6. The summed E-state index contributed by atoms with van der Waals surface area (Å²) in [5, 5.41) is 2.31. The molecule has 0 bridgehead atoms. The van der Waals surface area contributed by atoms with Gasteiger partial charge < -0.3 is 5.32 Å². The Labute approximate surface area is 91.2 Å². The summed E-state index contributed by atoms with van der Waals surface area (Å²) in [7, 11) is 0. The lowest BCUT2D eigenvalue weighted by Crippen LogP contribution is -2.33. The summed E-state index contributed by atoms with van der Waals surface area (Å²) < 4.78 is 35.4. The lowest BCUT2D eigenvalue weighted by atomic mass is 10.0. The number of carbonyl (C=O) groups is 1. The molecule has 0 unspecified atom stereocenters. The van der Waals surface area contributed by atoms with E-state index >= 15 is 0 Å². The molecule has 0 aliphatic heterocycles. The highest BCUT2D eigenvalue weighted by molar-refractivity contribution is 6.17. The Morgan fingerprint density at radius 1 is 1.40 bits per heavy atom. The molecule has 15 heavy (non-hydrogen) atoms. The number of alkyl halides is 4. The Balaban J connectivity index is 2.23. The molecule has 1 fully saturated rings. The molecule has 0 saturated heterocycles. The number of halogens is 4. The van der Waals surface area contributed by atoms with Crippen molar-refractivity contribution in [1.82, 2.24) is 5.32 Å². The molecule has 1 aliphatic rings. The molecule has 0 radical (unpaired) electrons. The van der Waals surface area contributed by atoms with Crippen molar-refractivity contribution in [2.24, 2.45) is 5.41 Å². The summed E-state index contributed by atoms with van der Waals surface area (Å²) >= 11 is 5.56. The van der Waals surface area contributed by atoms with E-state index in [0.717, 1.165) is 19.3 Å². The third-order valence-corrected chi connectivity index (χ3v) is 2.79. The molecule has 2 nitrogen and oxygen atoms in total. The van der Waals surface area contributed by atoms with Gasteiger partial charge in [0.05, 0.1) is 0 Å². The van der Waals surface area contributed by atoms with E-state index in [9.17, 15) is 18.0 Å². The van der Waals surface area contributed by atoms with E-state index in [2.05, 4.69) is 5.32 Å². The molecule has 88 valence electrons. The standard InChI is InChI=1S/C9H13ClF3NO/c10-4-3-8(1-2-8)6-14-7(15)5-9(11,12)13/h1-6H2,(H,14,15). The number of nitrogens with one attached hydrogen (secondary N) is 1. The van der Waals surface area contributed by atoms with Gasteiger partial charge in [-0.25, -0.2) is 0 Å². The molecule has 0 heterocycles. The van der Waals surface area contributed by atoms with Crippen LogP contribution in [-0.4, -0.2) is 24.5 Å². The summed E-state index contributed by atoms with van der Waals surface area (Å²) in [6, 6.07) is 0. The molecule has 0 aromatic rings. The van der Waals surface area contributed by atoms with Crippen LogP contribution in [0.15, 0.2) is 0 Å². The molecule has 1 amide bonds. The lowest BCUT2D eigenvalue weighted by molar-refractivity contribution is -0.153. The van der Waals surface area contributed by atoms with Crippen molar-refractivity contribution < 1.29 is 18.0 Å². The predicted molar refractivity (Wildman–Crippen MR) is 50.7 cm³/mol. The summed E-state index contributed by atoms with van der Waals surface area (Å²) in [6.45, 7) is 0.314. The highest BCUT2D eigenvalue weighted by atomic mass is 35.5. The molecule has 0 aromatic heterocycles. The van der Waals surface area contributed by atoms with Gasteiger partial charge in [0, 0.05) is 12.4 Å². The van der Waals surface area contributed by atoms with Crippen molar-refractivity contribution in [3.05, 3.63) is 0 Å². The van der Waals surface area contributed by atoms with Gasteiger partial charge in [-0.1, -0.05) is 0 Å². The molecule has 0 aromatic carbocycles. The van der Waals surface area contributed by atoms with Crippen molar-refractivity contribution in [3.63, 3.8) is 0 Å². The van der Waals surface area contributed by atoms with Gasteiger partial charge in [-0.2, -0.15) is 13.2 Å². The van der Waals surface area contributed by atoms with Crippen LogP contribution >= 0.6 is 11.6 Å². The quantitative estimate of drug-likeness (QED) is 0.739. The Kier molecular flexibility index (Phi) is 3.87. The Bertz CT molecular complexity index is 238. The monoisotopic (exact) mass is 243 g/mol. The van der Waals surface area contributed by atoms with Crippen LogP contribution in [0, 0.1) is 5.41 Å². The number of carbonyl (C=O) groups excluding carboxylic acids is 1. The highest BCUT2D eigenvalue weighted by Crippen LogP contribution is 2.48. The van der Waals surface area contributed by atoms with Crippen molar-refractivity contribution >= 4 is 17.5 Å². The third kappa shape index (κ3) is 4.73. The lowest BCUT2D eigenvalue weighted by Gasteiger charge is -2.14. The van der Waals surface area contributed by atoms with Crippen LogP contribution in [-0.2, 0) is 4.79 Å². The first-order valence-corrected chi connectivity index (χ1v) is 5.30. The molecular formula is C9H13ClF3NO. The Hall–Kier alpha value is -0.450. The minimum Gasteiger partial charge on any atom is -0.355 e. The van der Waals surface area contributed by atoms with Crippen molar-refractivity contribution in [2.45, 2.75) is 31.9 Å². The Morgan fingerprint density at radius 2 is 2.00 bits per heavy atom. The second-order valence-electron chi connectivity index (χ2n) is 4.01. The van der Waals surface area contributed by atoms with E-state index in [1.165, 1.54) is 0 Å². The third-order valence-electron chi connectivity index (χ3n) is 2.60. The van der Waals surface area contributed by atoms with E-state index in [0.29, 0.717) is 12.4 Å². The average molecular weight is 244 g/mol. The van der Waals surface area contributed by atoms with Gasteiger partial charge in [0.15, 0.2) is 0 Å². The maximum Gasteiger partial charge on any atom is 0.397 e. The molecule has 1 aliphatic carbocycles. The maximum atomic E-state index is 11.8. The minimum absolute atomic E-state index is 0.0248. The largest absolute Gasteiger partial charge is 0.397 e. The van der Waals surface area contributed by atoms with E-state index in [1.54, 1.807) is 0 Å². The van der Waals surface area contributed by atoms with Gasteiger partial charge in [0.25, 0.3) is 0 Å². The van der Waals surface area contributed by atoms with Crippen LogP contribution in [0.2, 0.25) is 0 Å². The fraction of sp³-hybridized carbons (Fsp3) is 0.889. The van der Waals surface area contributed by atoms with E-state index in [-0.39, 0.29) is 5.41 Å². The first-order valence-electron chi connectivity index (χ1n) is 4.76. The van der Waals surface area contributed by atoms with Crippen LogP contribution in [0.4, 0.5) is 13.2 Å². The minimum atomic E-state index is -4.42. The molecule has 6 heteroatoms. The van der Waals surface area contributed by atoms with Gasteiger partial charge in [-0.05, 0) is 24.7 Å². The molecule has 1 N–H and O–H groups in total. The maximum absolute atomic E-state index is 11.8. The van der Waals surface area contributed by atoms with Crippen LogP contribution in [0.25, 0.3) is 0 Å². The zero-order valence-corrected chi connectivity index (χ0v) is 8.92. The Morgan fingerprint density at radius 3 is 2.40 bits per heavy atom. The second kappa shape index (κ2) is 4.60. The van der Waals surface area contributed by atoms with E-state index < -0.39 is 18.5 Å². The fourth-order valence-corrected chi connectivity index (χ4v) is 1.82. The highest BCUT2D eigenvalue weighted by Gasteiger charge is 2.42. The molecule has 1 saturated carbocycles. The smallest absolute Gasteiger partial charge is 0.355 e. The summed E-state index contributed by atoms with van der Waals surface area (Å²) in [5.41, 5.74) is -0.0248. The predicted octanol–water partition coefficient (Wildman–Crippen LogP) is 2.46.